The van der Waals surface area contributed by atoms with Crippen LogP contribution in [0.1, 0.15) is 32.3 Å². The van der Waals surface area contributed by atoms with Gasteiger partial charge in [-0.05, 0) is 37.5 Å². The largest absolute Gasteiger partial charge is 0.240 e. The molecule has 0 atom stereocenters. The van der Waals surface area contributed by atoms with Crippen LogP contribution < -0.4 is 9.44 Å². The molecule has 0 unspecified atom stereocenters. The monoisotopic (exact) mass is 348 g/mol. The van der Waals surface area contributed by atoms with Crippen molar-refractivity contribution in [2.75, 3.05) is 18.8 Å². The van der Waals surface area contributed by atoms with E-state index >= 15 is 0 Å². The lowest BCUT2D eigenvalue weighted by Gasteiger charge is -2.08. The standard InChI is InChI=1S/C14H24N2O4S2/c1-3-6-13-7-9-14(10-8-13)22(19,20)16-12-5-11-15-21(17,18)4-2/h7-10,15-16H,3-6,11-12H2,1-2H3. The average Bonchev–Trinajstić information content (AvgIpc) is 2.47. The summed E-state index contributed by atoms with van der Waals surface area (Å²) < 4.78 is 51.4. The Hall–Kier alpha value is -0.960. The second kappa shape index (κ2) is 8.61. The van der Waals surface area contributed by atoms with Crippen molar-refractivity contribution in [1.82, 2.24) is 9.44 Å². The lowest BCUT2D eigenvalue weighted by Crippen LogP contribution is -2.30. The molecule has 2 N–H and O–H groups in total. The Kier molecular flexibility index (Phi) is 7.47. The van der Waals surface area contributed by atoms with Gasteiger partial charge in [-0.15, -0.1) is 0 Å². The molecule has 1 aromatic rings. The summed E-state index contributed by atoms with van der Waals surface area (Å²) in [6, 6.07) is 6.81. The number of sulfonamides is 2. The predicted octanol–water partition coefficient (Wildman–Crippen LogP) is 1.25. The van der Waals surface area contributed by atoms with E-state index in [1.165, 1.54) is 0 Å². The van der Waals surface area contributed by atoms with Crippen molar-refractivity contribution in [3.8, 4) is 0 Å². The molecule has 1 rings (SSSR count). The number of nitrogens with one attached hydrogen (secondary N) is 2. The minimum Gasteiger partial charge on any atom is -0.215 e. The Bertz CT molecular complexity index is 653. The van der Waals surface area contributed by atoms with Gasteiger partial charge in [-0.3, -0.25) is 0 Å². The van der Waals surface area contributed by atoms with Crippen molar-refractivity contribution in [2.45, 2.75) is 38.0 Å². The minimum atomic E-state index is -3.54. The molecular weight excluding hydrogens is 324 g/mol. The molecule has 0 heterocycles. The second-order valence-electron chi connectivity index (χ2n) is 4.94. The van der Waals surface area contributed by atoms with E-state index in [0.29, 0.717) is 6.42 Å². The average molecular weight is 348 g/mol. The van der Waals surface area contributed by atoms with E-state index in [0.717, 1.165) is 18.4 Å². The highest BCUT2D eigenvalue weighted by atomic mass is 32.2. The molecule has 0 aliphatic heterocycles. The highest BCUT2D eigenvalue weighted by Gasteiger charge is 2.13. The molecule has 0 fully saturated rings. The number of aryl methyl sites for hydroxylation is 1. The fourth-order valence-electron chi connectivity index (χ4n) is 1.83. The van der Waals surface area contributed by atoms with Crippen LogP contribution in [-0.4, -0.2) is 35.7 Å². The maximum Gasteiger partial charge on any atom is 0.240 e. The van der Waals surface area contributed by atoms with Crippen molar-refractivity contribution >= 4 is 20.0 Å². The first kappa shape index (κ1) is 19.1. The van der Waals surface area contributed by atoms with Gasteiger partial charge in [-0.25, -0.2) is 26.3 Å². The van der Waals surface area contributed by atoms with Crippen LogP contribution in [0.15, 0.2) is 29.2 Å². The Morgan fingerprint density at radius 2 is 1.50 bits per heavy atom. The van der Waals surface area contributed by atoms with E-state index in [2.05, 4.69) is 16.4 Å². The Morgan fingerprint density at radius 1 is 0.909 bits per heavy atom. The van der Waals surface area contributed by atoms with Crippen molar-refractivity contribution in [3.05, 3.63) is 29.8 Å². The van der Waals surface area contributed by atoms with Gasteiger partial charge in [0.1, 0.15) is 0 Å². The Morgan fingerprint density at radius 3 is 2.05 bits per heavy atom. The summed E-state index contributed by atoms with van der Waals surface area (Å²) >= 11 is 0. The van der Waals surface area contributed by atoms with Gasteiger partial charge in [0.2, 0.25) is 20.0 Å². The topological polar surface area (TPSA) is 92.3 Å². The molecule has 1 aromatic carbocycles. The van der Waals surface area contributed by atoms with Crippen molar-refractivity contribution in [2.24, 2.45) is 0 Å². The van der Waals surface area contributed by atoms with Gasteiger partial charge >= 0.3 is 0 Å². The summed E-state index contributed by atoms with van der Waals surface area (Å²) in [6.07, 6.45) is 2.33. The lowest BCUT2D eigenvalue weighted by molar-refractivity contribution is 0.573. The Balaban J connectivity index is 2.47. The SMILES string of the molecule is CCCc1ccc(S(=O)(=O)NCCCNS(=O)(=O)CC)cc1. The normalized spacial score (nSPS) is 12.5. The summed E-state index contributed by atoms with van der Waals surface area (Å²) in [7, 11) is -6.77. The van der Waals surface area contributed by atoms with E-state index in [-0.39, 0.29) is 23.7 Å². The molecule has 0 spiro atoms. The number of hydrogen-bond acceptors (Lipinski definition) is 4. The van der Waals surface area contributed by atoms with Gasteiger partial charge in [0.05, 0.1) is 10.6 Å². The third-order valence-electron chi connectivity index (χ3n) is 3.12. The van der Waals surface area contributed by atoms with E-state index in [9.17, 15) is 16.8 Å². The maximum absolute atomic E-state index is 12.1. The van der Waals surface area contributed by atoms with Gasteiger partial charge in [-0.2, -0.15) is 0 Å². The summed E-state index contributed by atoms with van der Waals surface area (Å²) in [5.74, 6) is 0.0167. The third-order valence-corrected chi connectivity index (χ3v) is 6.00. The van der Waals surface area contributed by atoms with Crippen molar-refractivity contribution in [1.29, 1.82) is 0 Å². The quantitative estimate of drug-likeness (QED) is 0.622. The number of hydrogen-bond donors (Lipinski definition) is 2. The minimum absolute atomic E-state index is 0.0167. The smallest absolute Gasteiger partial charge is 0.215 e. The van der Waals surface area contributed by atoms with Gasteiger partial charge < -0.3 is 0 Å². The summed E-state index contributed by atoms with van der Waals surface area (Å²) in [4.78, 5) is 0.224. The highest BCUT2D eigenvalue weighted by molar-refractivity contribution is 7.89. The molecule has 0 amide bonds. The predicted molar refractivity (Wildman–Crippen MR) is 87.7 cm³/mol. The molecule has 0 radical (unpaired) electrons. The molecule has 0 saturated carbocycles. The van der Waals surface area contributed by atoms with Crippen LogP contribution in [0, 0.1) is 0 Å². The molecule has 126 valence electrons. The van der Waals surface area contributed by atoms with Crippen LogP contribution in [0.2, 0.25) is 0 Å². The Labute approximate surface area is 133 Å². The molecule has 0 saturated heterocycles. The fourth-order valence-corrected chi connectivity index (χ4v) is 3.57. The lowest BCUT2D eigenvalue weighted by atomic mass is 10.1. The zero-order valence-corrected chi connectivity index (χ0v) is 14.6. The van der Waals surface area contributed by atoms with Gasteiger partial charge in [0, 0.05) is 13.1 Å². The summed E-state index contributed by atoms with van der Waals surface area (Å²) in [6.45, 7) is 4.02. The zero-order chi connectivity index (χ0) is 16.6. The summed E-state index contributed by atoms with van der Waals surface area (Å²) in [5, 5.41) is 0. The molecule has 0 aromatic heterocycles. The van der Waals surface area contributed by atoms with Crippen LogP contribution in [0.4, 0.5) is 0 Å². The van der Waals surface area contributed by atoms with Gasteiger partial charge in [-0.1, -0.05) is 25.5 Å². The van der Waals surface area contributed by atoms with Crippen LogP contribution in [0.5, 0.6) is 0 Å². The number of rotatable bonds is 10. The molecule has 0 aliphatic carbocycles. The van der Waals surface area contributed by atoms with E-state index < -0.39 is 20.0 Å². The molecular formula is C14H24N2O4S2. The van der Waals surface area contributed by atoms with Crippen LogP contribution >= 0.6 is 0 Å². The molecule has 6 nitrogen and oxygen atoms in total. The molecule has 22 heavy (non-hydrogen) atoms. The van der Waals surface area contributed by atoms with Crippen LogP contribution in [-0.2, 0) is 26.5 Å². The zero-order valence-electron chi connectivity index (χ0n) is 13.0. The molecule has 0 bridgehead atoms. The second-order valence-corrected chi connectivity index (χ2v) is 8.81. The first-order valence-corrected chi connectivity index (χ1v) is 10.5. The van der Waals surface area contributed by atoms with Crippen molar-refractivity contribution in [3.63, 3.8) is 0 Å². The maximum atomic E-state index is 12.1. The van der Waals surface area contributed by atoms with Crippen LogP contribution in [0.3, 0.4) is 0 Å². The van der Waals surface area contributed by atoms with Gasteiger partial charge in [0.15, 0.2) is 0 Å². The first-order valence-electron chi connectivity index (χ1n) is 7.36. The van der Waals surface area contributed by atoms with E-state index in [1.54, 1.807) is 19.1 Å². The highest BCUT2D eigenvalue weighted by Crippen LogP contribution is 2.11. The number of benzene rings is 1. The van der Waals surface area contributed by atoms with E-state index in [4.69, 9.17) is 0 Å². The summed E-state index contributed by atoms with van der Waals surface area (Å²) in [5.41, 5.74) is 1.11. The van der Waals surface area contributed by atoms with Crippen molar-refractivity contribution < 1.29 is 16.8 Å². The molecule has 8 heteroatoms. The first-order chi connectivity index (χ1) is 10.3. The van der Waals surface area contributed by atoms with E-state index in [1.807, 2.05) is 12.1 Å². The molecule has 0 aliphatic rings. The van der Waals surface area contributed by atoms with Gasteiger partial charge in [0.25, 0.3) is 0 Å². The third kappa shape index (κ3) is 6.43. The fraction of sp³-hybridized carbons (Fsp3) is 0.571. The van der Waals surface area contributed by atoms with Crippen LogP contribution in [0.25, 0.3) is 0 Å².